The van der Waals surface area contributed by atoms with Crippen molar-refractivity contribution in [3.63, 3.8) is 0 Å². The molecule has 0 aromatic heterocycles. The van der Waals surface area contributed by atoms with Gasteiger partial charge in [-0.15, -0.1) is 11.6 Å². The van der Waals surface area contributed by atoms with E-state index >= 15 is 0 Å². The van der Waals surface area contributed by atoms with Crippen molar-refractivity contribution in [3.8, 4) is 0 Å². The van der Waals surface area contributed by atoms with Crippen LogP contribution in [0.2, 0.25) is 0 Å². The van der Waals surface area contributed by atoms with Gasteiger partial charge in [-0.1, -0.05) is 24.3 Å². The molecule has 0 N–H and O–H groups in total. The third-order valence-electron chi connectivity index (χ3n) is 4.04. The molecule has 3 nitrogen and oxygen atoms in total. The Bertz CT molecular complexity index is 463. The number of fused-ring (bicyclic) bond motifs is 3. The molecule has 0 saturated carbocycles. The molecule has 4 heteroatoms. The fraction of sp³-hybridized carbons (Fsp3) is 0.500. The van der Waals surface area contributed by atoms with E-state index in [4.69, 9.17) is 11.6 Å². The molecule has 1 aromatic rings. The van der Waals surface area contributed by atoms with Crippen molar-refractivity contribution in [3.05, 3.63) is 35.4 Å². The largest absolute Gasteiger partial charge is 0.338 e. The van der Waals surface area contributed by atoms with E-state index < -0.39 is 0 Å². The number of amides is 1. The molecule has 1 unspecified atom stereocenters. The second-order valence-electron chi connectivity index (χ2n) is 4.97. The lowest BCUT2D eigenvalue weighted by atomic mass is 9.91. The van der Waals surface area contributed by atoms with Crippen LogP contribution in [0, 0.1) is 0 Å². The number of nitrogens with zero attached hydrogens (tertiary/aromatic N) is 2. The lowest BCUT2D eigenvalue weighted by Crippen LogP contribution is -2.52. The molecule has 0 bridgehead atoms. The van der Waals surface area contributed by atoms with Gasteiger partial charge in [0.2, 0.25) is 5.91 Å². The summed E-state index contributed by atoms with van der Waals surface area (Å²) < 4.78 is 0. The van der Waals surface area contributed by atoms with Gasteiger partial charge in [-0.25, -0.2) is 0 Å². The topological polar surface area (TPSA) is 23.6 Å². The molecule has 1 saturated heterocycles. The van der Waals surface area contributed by atoms with Crippen LogP contribution in [0.3, 0.4) is 0 Å². The molecule has 2 aliphatic rings. The molecule has 2 aliphatic heterocycles. The normalized spacial score (nSPS) is 23.4. The predicted molar refractivity (Wildman–Crippen MR) is 71.8 cm³/mol. The minimum absolute atomic E-state index is 0.0550. The quantitative estimate of drug-likeness (QED) is 0.721. The molecule has 96 valence electrons. The van der Waals surface area contributed by atoms with E-state index in [0.717, 1.165) is 32.6 Å². The van der Waals surface area contributed by atoms with Gasteiger partial charge in [0.1, 0.15) is 5.88 Å². The van der Waals surface area contributed by atoms with Crippen molar-refractivity contribution in [2.45, 2.75) is 12.5 Å². The van der Waals surface area contributed by atoms with Crippen LogP contribution in [0.4, 0.5) is 0 Å². The summed E-state index contributed by atoms with van der Waals surface area (Å²) in [6.07, 6.45) is 1.12. The van der Waals surface area contributed by atoms with Crippen LogP contribution in [-0.4, -0.2) is 47.8 Å². The Morgan fingerprint density at radius 3 is 2.94 bits per heavy atom. The van der Waals surface area contributed by atoms with Crippen molar-refractivity contribution in [2.75, 3.05) is 32.1 Å². The van der Waals surface area contributed by atoms with E-state index in [1.807, 2.05) is 4.90 Å². The smallest absolute Gasteiger partial charge is 0.237 e. The number of carbonyl (C=O) groups is 1. The summed E-state index contributed by atoms with van der Waals surface area (Å²) in [5.74, 6) is 0.147. The molecule has 2 heterocycles. The van der Waals surface area contributed by atoms with Crippen LogP contribution in [-0.2, 0) is 11.2 Å². The number of alkyl halides is 1. The van der Waals surface area contributed by atoms with Crippen molar-refractivity contribution in [1.82, 2.24) is 9.80 Å². The Hall–Kier alpha value is -1.06. The highest BCUT2D eigenvalue weighted by Crippen LogP contribution is 2.32. The summed E-state index contributed by atoms with van der Waals surface area (Å²) in [5, 5.41) is 0. The molecule has 1 atom stereocenters. The summed E-state index contributed by atoms with van der Waals surface area (Å²) in [7, 11) is 0. The first-order valence-electron chi connectivity index (χ1n) is 6.45. The van der Waals surface area contributed by atoms with E-state index in [-0.39, 0.29) is 11.8 Å². The minimum Gasteiger partial charge on any atom is -0.338 e. The summed E-state index contributed by atoms with van der Waals surface area (Å²) in [5.41, 5.74) is 2.81. The lowest BCUT2D eigenvalue weighted by Gasteiger charge is -2.44. The Morgan fingerprint density at radius 1 is 1.28 bits per heavy atom. The average molecular weight is 265 g/mol. The maximum atomic E-state index is 11.7. The Labute approximate surface area is 112 Å². The minimum atomic E-state index is 0.0550. The number of rotatable bonds is 1. The predicted octanol–water partition coefficient (Wildman–Crippen LogP) is 1.67. The van der Waals surface area contributed by atoms with E-state index in [0.29, 0.717) is 6.04 Å². The number of hydrogen-bond donors (Lipinski definition) is 0. The van der Waals surface area contributed by atoms with Crippen LogP contribution >= 0.6 is 11.6 Å². The molecule has 0 aliphatic carbocycles. The summed E-state index contributed by atoms with van der Waals surface area (Å²) in [6, 6.07) is 8.94. The second-order valence-corrected chi connectivity index (χ2v) is 5.24. The van der Waals surface area contributed by atoms with Crippen molar-refractivity contribution < 1.29 is 4.79 Å². The van der Waals surface area contributed by atoms with Crippen molar-refractivity contribution in [1.29, 1.82) is 0 Å². The van der Waals surface area contributed by atoms with Gasteiger partial charge in [0.05, 0.1) is 6.04 Å². The number of carbonyl (C=O) groups excluding carboxylic acids is 1. The van der Waals surface area contributed by atoms with E-state index in [9.17, 15) is 4.79 Å². The Kier molecular flexibility index (Phi) is 3.27. The third kappa shape index (κ3) is 2.02. The van der Waals surface area contributed by atoms with Gasteiger partial charge in [-0.3, -0.25) is 9.69 Å². The van der Waals surface area contributed by atoms with Gasteiger partial charge < -0.3 is 4.90 Å². The maximum Gasteiger partial charge on any atom is 0.237 e. The summed E-state index contributed by atoms with van der Waals surface area (Å²) >= 11 is 5.66. The highest BCUT2D eigenvalue weighted by atomic mass is 35.5. The highest BCUT2D eigenvalue weighted by Gasteiger charge is 2.33. The van der Waals surface area contributed by atoms with Crippen LogP contribution in [0.1, 0.15) is 17.2 Å². The average Bonchev–Trinajstić information content (AvgIpc) is 2.45. The van der Waals surface area contributed by atoms with Crippen molar-refractivity contribution >= 4 is 17.5 Å². The van der Waals surface area contributed by atoms with Gasteiger partial charge in [0, 0.05) is 26.2 Å². The highest BCUT2D eigenvalue weighted by molar-refractivity contribution is 6.27. The second kappa shape index (κ2) is 4.90. The van der Waals surface area contributed by atoms with Gasteiger partial charge in [0.15, 0.2) is 0 Å². The molecule has 0 radical (unpaired) electrons. The van der Waals surface area contributed by atoms with Gasteiger partial charge in [-0.2, -0.15) is 0 Å². The van der Waals surface area contributed by atoms with Gasteiger partial charge in [-0.05, 0) is 17.5 Å². The fourth-order valence-corrected chi connectivity index (χ4v) is 3.21. The van der Waals surface area contributed by atoms with Crippen LogP contribution in [0.15, 0.2) is 24.3 Å². The van der Waals surface area contributed by atoms with Gasteiger partial charge in [0.25, 0.3) is 0 Å². The van der Waals surface area contributed by atoms with Crippen LogP contribution < -0.4 is 0 Å². The Morgan fingerprint density at radius 2 is 2.11 bits per heavy atom. The summed E-state index contributed by atoms with van der Waals surface area (Å²) in [6.45, 7) is 3.65. The lowest BCUT2D eigenvalue weighted by molar-refractivity contribution is -0.131. The number of hydrogen-bond acceptors (Lipinski definition) is 2. The molecule has 3 rings (SSSR count). The molecule has 1 amide bonds. The summed E-state index contributed by atoms with van der Waals surface area (Å²) in [4.78, 5) is 16.1. The first-order chi connectivity index (χ1) is 8.79. The molecular formula is C14H17ClN2O. The number of piperazine rings is 1. The molecule has 1 aromatic carbocycles. The Balaban J connectivity index is 1.86. The van der Waals surface area contributed by atoms with Crippen LogP contribution in [0.25, 0.3) is 0 Å². The molecular weight excluding hydrogens is 248 g/mol. The zero-order chi connectivity index (χ0) is 12.5. The monoisotopic (exact) mass is 264 g/mol. The maximum absolute atomic E-state index is 11.7. The SMILES string of the molecule is O=C(CCl)N1CCN2CCc3ccccc3C2C1. The van der Waals surface area contributed by atoms with Crippen molar-refractivity contribution in [2.24, 2.45) is 0 Å². The standard InChI is InChI=1S/C14H17ClN2O/c15-9-14(18)17-8-7-16-6-5-11-3-1-2-4-12(11)13(16)10-17/h1-4,13H,5-10H2. The fourth-order valence-electron chi connectivity index (χ4n) is 3.05. The molecule has 18 heavy (non-hydrogen) atoms. The number of benzene rings is 1. The number of halogens is 1. The van der Waals surface area contributed by atoms with E-state index in [2.05, 4.69) is 29.2 Å². The zero-order valence-electron chi connectivity index (χ0n) is 10.3. The molecule has 1 fully saturated rings. The van der Waals surface area contributed by atoms with Crippen LogP contribution in [0.5, 0.6) is 0 Å². The third-order valence-corrected chi connectivity index (χ3v) is 4.27. The zero-order valence-corrected chi connectivity index (χ0v) is 11.1. The van der Waals surface area contributed by atoms with E-state index in [1.54, 1.807) is 0 Å². The van der Waals surface area contributed by atoms with Gasteiger partial charge >= 0.3 is 0 Å². The molecule has 0 spiro atoms. The first kappa shape index (κ1) is 12.0. The van der Waals surface area contributed by atoms with E-state index in [1.165, 1.54) is 11.1 Å². The first-order valence-corrected chi connectivity index (χ1v) is 6.98.